The highest BCUT2D eigenvalue weighted by Crippen LogP contribution is 2.18. The zero-order chi connectivity index (χ0) is 18.0. The lowest BCUT2D eigenvalue weighted by atomic mass is 10.3. The lowest BCUT2D eigenvalue weighted by Crippen LogP contribution is -2.54. The van der Waals surface area contributed by atoms with E-state index in [9.17, 15) is 8.42 Å². The van der Waals surface area contributed by atoms with Gasteiger partial charge in [0.2, 0.25) is 11.7 Å². The van der Waals surface area contributed by atoms with Gasteiger partial charge in [-0.2, -0.15) is 22.0 Å². The van der Waals surface area contributed by atoms with Crippen LogP contribution >= 0.6 is 0 Å². The first-order valence-corrected chi connectivity index (χ1v) is 9.94. The molecule has 0 radical (unpaired) electrons. The summed E-state index contributed by atoms with van der Waals surface area (Å²) in [4.78, 5) is 6.42. The zero-order valence-corrected chi connectivity index (χ0v) is 15.1. The quantitative estimate of drug-likeness (QED) is 0.712. The summed E-state index contributed by atoms with van der Waals surface area (Å²) < 4.78 is 44.1. The van der Waals surface area contributed by atoms with E-state index in [1.807, 2.05) is 0 Å². The third kappa shape index (κ3) is 3.67. The lowest BCUT2D eigenvalue weighted by molar-refractivity contribution is 0.0681. The molecule has 0 atom stereocenters. The molecule has 0 aliphatic carbocycles. The second kappa shape index (κ2) is 7.45. The number of morpholine rings is 1. The van der Waals surface area contributed by atoms with Crippen molar-refractivity contribution in [1.29, 1.82) is 0 Å². The predicted octanol–water partition coefficient (Wildman–Crippen LogP) is 0.0242. The Hall–Kier alpha value is -1.79. The smallest absolute Gasteiger partial charge is 0.282 e. The van der Waals surface area contributed by atoms with Crippen LogP contribution in [0.1, 0.15) is 5.89 Å². The van der Waals surface area contributed by atoms with E-state index in [4.69, 9.17) is 13.7 Å². The fourth-order valence-corrected chi connectivity index (χ4v) is 4.64. The molecule has 0 aromatic carbocycles. The van der Waals surface area contributed by atoms with Crippen LogP contribution in [0.25, 0.3) is 11.6 Å². The summed E-state index contributed by atoms with van der Waals surface area (Å²) >= 11 is 0. The molecule has 2 saturated heterocycles. The Morgan fingerprint density at radius 2 is 1.77 bits per heavy atom. The van der Waals surface area contributed by atoms with Gasteiger partial charge in [0, 0.05) is 39.3 Å². The standard InChI is InChI=1S/C15H21N5O5S/c21-26(22,20-7-10-23-11-8-20)19-5-3-18(4-6-19)12-14-16-15(17-25-14)13-2-1-9-24-13/h1-2,9H,3-8,10-12H2. The van der Waals surface area contributed by atoms with E-state index in [0.29, 0.717) is 76.5 Å². The Labute approximate surface area is 151 Å². The number of piperazine rings is 1. The average molecular weight is 383 g/mol. The number of nitrogens with zero attached hydrogens (tertiary/aromatic N) is 5. The van der Waals surface area contributed by atoms with Crippen molar-refractivity contribution in [1.82, 2.24) is 23.7 Å². The van der Waals surface area contributed by atoms with Crippen LogP contribution in [0, 0.1) is 0 Å². The summed E-state index contributed by atoms with van der Waals surface area (Å²) in [6.45, 7) is 4.34. The summed E-state index contributed by atoms with van der Waals surface area (Å²) in [7, 11) is -3.41. The molecule has 0 N–H and O–H groups in total. The van der Waals surface area contributed by atoms with Gasteiger partial charge < -0.3 is 13.7 Å². The van der Waals surface area contributed by atoms with Gasteiger partial charge in [-0.25, -0.2) is 0 Å². The molecule has 142 valence electrons. The van der Waals surface area contributed by atoms with Gasteiger partial charge >= 0.3 is 0 Å². The minimum Gasteiger partial charge on any atom is -0.461 e. The maximum atomic E-state index is 12.7. The predicted molar refractivity (Wildman–Crippen MR) is 90.2 cm³/mol. The van der Waals surface area contributed by atoms with E-state index in [0.717, 1.165) is 0 Å². The van der Waals surface area contributed by atoms with Crippen molar-refractivity contribution in [2.45, 2.75) is 6.54 Å². The number of furan rings is 1. The molecule has 2 aromatic heterocycles. The molecule has 2 aromatic rings. The van der Waals surface area contributed by atoms with Crippen LogP contribution < -0.4 is 0 Å². The molecule has 4 heterocycles. The topological polar surface area (TPSA) is 105 Å². The highest BCUT2D eigenvalue weighted by Gasteiger charge is 2.33. The third-order valence-corrected chi connectivity index (χ3v) is 6.56. The van der Waals surface area contributed by atoms with Crippen LogP contribution in [-0.2, 0) is 21.5 Å². The summed E-state index contributed by atoms with van der Waals surface area (Å²) in [6, 6.07) is 3.53. The minimum absolute atomic E-state index is 0.415. The molecule has 10 nitrogen and oxygen atoms in total. The van der Waals surface area contributed by atoms with Gasteiger partial charge in [0.25, 0.3) is 10.2 Å². The molecule has 2 aliphatic rings. The van der Waals surface area contributed by atoms with Crippen LogP contribution in [0.3, 0.4) is 0 Å². The summed E-state index contributed by atoms with van der Waals surface area (Å²) in [5.41, 5.74) is 0. The van der Waals surface area contributed by atoms with Crippen LogP contribution in [0.15, 0.2) is 27.3 Å². The largest absolute Gasteiger partial charge is 0.461 e. The molecule has 0 bridgehead atoms. The average Bonchev–Trinajstić information content (AvgIpc) is 3.34. The van der Waals surface area contributed by atoms with E-state index >= 15 is 0 Å². The molecule has 0 unspecified atom stereocenters. The van der Waals surface area contributed by atoms with E-state index < -0.39 is 10.2 Å². The SMILES string of the molecule is O=S(=O)(N1CCOCC1)N1CCN(Cc2nc(-c3ccco3)no2)CC1. The number of aromatic nitrogens is 2. The summed E-state index contributed by atoms with van der Waals surface area (Å²) in [5.74, 6) is 1.46. The Morgan fingerprint density at radius 1 is 1.04 bits per heavy atom. The first-order valence-electron chi connectivity index (χ1n) is 8.55. The lowest BCUT2D eigenvalue weighted by Gasteiger charge is -2.37. The zero-order valence-electron chi connectivity index (χ0n) is 14.3. The van der Waals surface area contributed by atoms with Gasteiger partial charge in [-0.05, 0) is 12.1 Å². The maximum Gasteiger partial charge on any atom is 0.282 e. The van der Waals surface area contributed by atoms with E-state index in [-0.39, 0.29) is 0 Å². The molecule has 2 aliphatic heterocycles. The number of hydrogen-bond acceptors (Lipinski definition) is 8. The normalized spacial score (nSPS) is 21.2. The Kier molecular flexibility index (Phi) is 5.05. The van der Waals surface area contributed by atoms with Crippen molar-refractivity contribution in [3.8, 4) is 11.6 Å². The van der Waals surface area contributed by atoms with Crippen molar-refractivity contribution in [2.24, 2.45) is 0 Å². The van der Waals surface area contributed by atoms with Gasteiger partial charge in [-0.15, -0.1) is 0 Å². The first kappa shape index (κ1) is 17.6. The summed E-state index contributed by atoms with van der Waals surface area (Å²) in [5, 5.41) is 3.91. The van der Waals surface area contributed by atoms with Gasteiger partial charge in [0.1, 0.15) is 0 Å². The van der Waals surface area contributed by atoms with Gasteiger partial charge in [0.15, 0.2) is 5.76 Å². The van der Waals surface area contributed by atoms with Crippen LogP contribution in [0.4, 0.5) is 0 Å². The Bertz CT molecular complexity index is 807. The van der Waals surface area contributed by atoms with Crippen molar-refractivity contribution in [3.63, 3.8) is 0 Å². The van der Waals surface area contributed by atoms with Gasteiger partial charge in [0.05, 0.1) is 26.0 Å². The van der Waals surface area contributed by atoms with E-state index in [2.05, 4.69) is 15.0 Å². The van der Waals surface area contributed by atoms with Crippen molar-refractivity contribution in [3.05, 3.63) is 24.3 Å². The molecule has 4 rings (SSSR count). The number of rotatable bonds is 5. The number of ether oxygens (including phenoxy) is 1. The minimum atomic E-state index is -3.41. The molecule has 11 heteroatoms. The van der Waals surface area contributed by atoms with Crippen LogP contribution in [0.5, 0.6) is 0 Å². The second-order valence-corrected chi connectivity index (χ2v) is 8.11. The molecule has 26 heavy (non-hydrogen) atoms. The summed E-state index contributed by atoms with van der Waals surface area (Å²) in [6.07, 6.45) is 1.56. The van der Waals surface area contributed by atoms with Crippen molar-refractivity contribution >= 4 is 10.2 Å². The fourth-order valence-electron chi connectivity index (χ4n) is 3.08. The molecule has 2 fully saturated rings. The van der Waals surface area contributed by atoms with E-state index in [1.165, 1.54) is 8.61 Å². The first-order chi connectivity index (χ1) is 12.6. The monoisotopic (exact) mass is 383 g/mol. The van der Waals surface area contributed by atoms with E-state index in [1.54, 1.807) is 18.4 Å². The van der Waals surface area contributed by atoms with Gasteiger partial charge in [-0.1, -0.05) is 5.16 Å². The Morgan fingerprint density at radius 3 is 2.46 bits per heavy atom. The van der Waals surface area contributed by atoms with Crippen LogP contribution in [0.2, 0.25) is 0 Å². The third-order valence-electron chi connectivity index (χ3n) is 4.52. The highest BCUT2D eigenvalue weighted by molar-refractivity contribution is 7.86. The van der Waals surface area contributed by atoms with Crippen molar-refractivity contribution in [2.75, 3.05) is 52.5 Å². The second-order valence-electron chi connectivity index (χ2n) is 6.18. The highest BCUT2D eigenvalue weighted by atomic mass is 32.2. The molecule has 0 saturated carbocycles. The van der Waals surface area contributed by atoms with Crippen LogP contribution in [-0.4, -0.2) is 84.6 Å². The molecular weight excluding hydrogens is 362 g/mol. The maximum absolute atomic E-state index is 12.7. The molecule has 0 spiro atoms. The molecular formula is C15H21N5O5S. The van der Waals surface area contributed by atoms with Gasteiger partial charge in [-0.3, -0.25) is 4.90 Å². The number of hydrogen-bond donors (Lipinski definition) is 0. The molecule has 0 amide bonds. The fraction of sp³-hybridized carbons (Fsp3) is 0.600. The van der Waals surface area contributed by atoms with Crippen molar-refractivity contribution < 1.29 is 22.1 Å². The Balaban J connectivity index is 1.32.